The standard InChI is InChI=1S/C11H16F2N2O2/c1-16-5-6-17-7-10(15-14)11-8(12)3-2-4-9(11)13/h2-4,10,15H,5-7,14H2,1H3. The zero-order valence-corrected chi connectivity index (χ0v) is 9.58. The zero-order valence-electron chi connectivity index (χ0n) is 9.58. The largest absolute Gasteiger partial charge is 0.382 e. The molecule has 0 aliphatic rings. The lowest BCUT2D eigenvalue weighted by atomic mass is 10.1. The predicted octanol–water partition coefficient (Wildman–Crippen LogP) is 1.13. The van der Waals surface area contributed by atoms with Crippen LogP contribution in [0.4, 0.5) is 8.78 Å². The second kappa shape index (κ2) is 7.29. The van der Waals surface area contributed by atoms with Crippen LogP contribution in [-0.2, 0) is 9.47 Å². The first-order valence-electron chi connectivity index (χ1n) is 5.17. The third kappa shape index (κ3) is 4.01. The van der Waals surface area contributed by atoms with Gasteiger partial charge in [0.15, 0.2) is 0 Å². The van der Waals surface area contributed by atoms with Crippen LogP contribution < -0.4 is 11.3 Å². The Balaban J connectivity index is 2.66. The average Bonchev–Trinajstić information content (AvgIpc) is 2.31. The fraction of sp³-hybridized carbons (Fsp3) is 0.455. The number of hydrazine groups is 1. The zero-order chi connectivity index (χ0) is 12.7. The molecular weight excluding hydrogens is 230 g/mol. The Labute approximate surface area is 98.7 Å². The van der Waals surface area contributed by atoms with E-state index in [0.717, 1.165) is 0 Å². The monoisotopic (exact) mass is 246 g/mol. The van der Waals surface area contributed by atoms with Gasteiger partial charge in [0.05, 0.1) is 25.9 Å². The number of nitrogens with one attached hydrogen (secondary N) is 1. The summed E-state index contributed by atoms with van der Waals surface area (Å²) in [6.07, 6.45) is 0. The molecule has 1 unspecified atom stereocenters. The molecule has 0 spiro atoms. The molecule has 6 heteroatoms. The third-order valence-electron chi connectivity index (χ3n) is 2.27. The molecular formula is C11H16F2N2O2. The lowest BCUT2D eigenvalue weighted by Gasteiger charge is -2.17. The molecule has 1 atom stereocenters. The van der Waals surface area contributed by atoms with Crippen LogP contribution in [0.1, 0.15) is 11.6 Å². The van der Waals surface area contributed by atoms with Gasteiger partial charge >= 0.3 is 0 Å². The number of benzene rings is 1. The molecule has 4 nitrogen and oxygen atoms in total. The van der Waals surface area contributed by atoms with Crippen LogP contribution in [0.15, 0.2) is 18.2 Å². The maximum Gasteiger partial charge on any atom is 0.131 e. The molecule has 0 aromatic heterocycles. The molecule has 1 rings (SSSR count). The van der Waals surface area contributed by atoms with Crippen molar-refractivity contribution in [2.24, 2.45) is 5.84 Å². The number of nitrogens with two attached hydrogens (primary N) is 1. The second-order valence-corrected chi connectivity index (χ2v) is 3.42. The van der Waals surface area contributed by atoms with Gasteiger partial charge in [-0.3, -0.25) is 11.3 Å². The van der Waals surface area contributed by atoms with Gasteiger partial charge in [-0.05, 0) is 12.1 Å². The number of halogens is 2. The molecule has 0 saturated heterocycles. The van der Waals surface area contributed by atoms with E-state index in [0.29, 0.717) is 13.2 Å². The summed E-state index contributed by atoms with van der Waals surface area (Å²) in [4.78, 5) is 0. The van der Waals surface area contributed by atoms with Crippen molar-refractivity contribution in [3.63, 3.8) is 0 Å². The first-order chi connectivity index (χ1) is 8.20. The van der Waals surface area contributed by atoms with E-state index in [1.807, 2.05) is 0 Å². The van der Waals surface area contributed by atoms with Crippen LogP contribution >= 0.6 is 0 Å². The van der Waals surface area contributed by atoms with Gasteiger partial charge in [0, 0.05) is 12.7 Å². The van der Waals surface area contributed by atoms with E-state index < -0.39 is 17.7 Å². The predicted molar refractivity (Wildman–Crippen MR) is 59.1 cm³/mol. The van der Waals surface area contributed by atoms with Crippen LogP contribution in [0, 0.1) is 11.6 Å². The van der Waals surface area contributed by atoms with Crippen molar-refractivity contribution in [1.29, 1.82) is 0 Å². The quantitative estimate of drug-likeness (QED) is 0.430. The Bertz CT molecular complexity index is 330. The van der Waals surface area contributed by atoms with E-state index in [2.05, 4.69) is 5.43 Å². The van der Waals surface area contributed by atoms with E-state index in [9.17, 15) is 8.78 Å². The molecule has 0 saturated carbocycles. The van der Waals surface area contributed by atoms with Crippen molar-refractivity contribution >= 4 is 0 Å². The molecule has 0 bridgehead atoms. The molecule has 0 aliphatic heterocycles. The Hall–Kier alpha value is -1.08. The van der Waals surface area contributed by atoms with Crippen LogP contribution in [0.5, 0.6) is 0 Å². The normalized spacial score (nSPS) is 12.7. The summed E-state index contributed by atoms with van der Waals surface area (Å²) in [7, 11) is 1.54. The van der Waals surface area contributed by atoms with Crippen LogP contribution in [0.3, 0.4) is 0 Å². The van der Waals surface area contributed by atoms with Gasteiger partial charge in [-0.1, -0.05) is 6.07 Å². The Morgan fingerprint density at radius 3 is 2.47 bits per heavy atom. The summed E-state index contributed by atoms with van der Waals surface area (Å²) >= 11 is 0. The number of rotatable bonds is 7. The minimum Gasteiger partial charge on any atom is -0.382 e. The molecule has 17 heavy (non-hydrogen) atoms. The first kappa shape index (κ1) is 14.0. The van der Waals surface area contributed by atoms with Crippen molar-refractivity contribution in [3.05, 3.63) is 35.4 Å². The van der Waals surface area contributed by atoms with E-state index in [-0.39, 0.29) is 12.2 Å². The molecule has 0 radical (unpaired) electrons. The summed E-state index contributed by atoms with van der Waals surface area (Å²) < 4.78 is 36.9. The Morgan fingerprint density at radius 2 is 1.94 bits per heavy atom. The van der Waals surface area contributed by atoms with E-state index >= 15 is 0 Å². The minimum absolute atomic E-state index is 0.0672. The van der Waals surface area contributed by atoms with Gasteiger partial charge < -0.3 is 9.47 Å². The van der Waals surface area contributed by atoms with Crippen LogP contribution in [0.25, 0.3) is 0 Å². The molecule has 0 amide bonds. The Morgan fingerprint density at radius 1 is 1.29 bits per heavy atom. The molecule has 96 valence electrons. The highest BCUT2D eigenvalue weighted by molar-refractivity contribution is 5.23. The van der Waals surface area contributed by atoms with Gasteiger partial charge in [-0.25, -0.2) is 8.78 Å². The molecule has 0 heterocycles. The van der Waals surface area contributed by atoms with Crippen molar-refractivity contribution in [2.45, 2.75) is 6.04 Å². The van der Waals surface area contributed by atoms with Gasteiger partial charge in [0.1, 0.15) is 11.6 Å². The van der Waals surface area contributed by atoms with E-state index in [1.165, 1.54) is 18.2 Å². The summed E-state index contributed by atoms with van der Waals surface area (Å²) in [6, 6.07) is 2.93. The number of hydrogen-bond donors (Lipinski definition) is 2. The van der Waals surface area contributed by atoms with Gasteiger partial charge in [0.2, 0.25) is 0 Å². The Kier molecular flexibility index (Phi) is 5.99. The topological polar surface area (TPSA) is 56.5 Å². The molecule has 1 aromatic rings. The number of hydrogen-bond acceptors (Lipinski definition) is 4. The molecule has 0 fully saturated rings. The second-order valence-electron chi connectivity index (χ2n) is 3.42. The fourth-order valence-corrected chi connectivity index (χ4v) is 1.40. The maximum atomic E-state index is 13.4. The average molecular weight is 246 g/mol. The van der Waals surface area contributed by atoms with Crippen LogP contribution in [0.2, 0.25) is 0 Å². The smallest absolute Gasteiger partial charge is 0.131 e. The van der Waals surface area contributed by atoms with E-state index in [4.69, 9.17) is 15.3 Å². The summed E-state index contributed by atoms with van der Waals surface area (Å²) in [5, 5.41) is 0. The van der Waals surface area contributed by atoms with Crippen LogP contribution in [-0.4, -0.2) is 26.9 Å². The van der Waals surface area contributed by atoms with Crippen molar-refractivity contribution in [2.75, 3.05) is 26.9 Å². The lowest BCUT2D eigenvalue weighted by Crippen LogP contribution is -2.33. The minimum atomic E-state index is -0.729. The third-order valence-corrected chi connectivity index (χ3v) is 2.27. The maximum absolute atomic E-state index is 13.4. The number of ether oxygens (including phenoxy) is 2. The van der Waals surface area contributed by atoms with Gasteiger partial charge in [0.25, 0.3) is 0 Å². The molecule has 3 N–H and O–H groups in total. The van der Waals surface area contributed by atoms with Gasteiger partial charge in [-0.2, -0.15) is 0 Å². The highest BCUT2D eigenvalue weighted by Crippen LogP contribution is 2.20. The van der Waals surface area contributed by atoms with E-state index in [1.54, 1.807) is 7.11 Å². The summed E-state index contributed by atoms with van der Waals surface area (Å²) in [6.45, 7) is 0.819. The number of methoxy groups -OCH3 is 1. The summed E-state index contributed by atoms with van der Waals surface area (Å²) in [5.74, 6) is 3.96. The SMILES string of the molecule is COCCOCC(NN)c1c(F)cccc1F. The first-order valence-corrected chi connectivity index (χ1v) is 5.17. The molecule has 1 aromatic carbocycles. The lowest BCUT2D eigenvalue weighted by molar-refractivity contribution is 0.0575. The van der Waals surface area contributed by atoms with Crippen molar-refractivity contribution in [3.8, 4) is 0 Å². The fourth-order valence-electron chi connectivity index (χ4n) is 1.40. The highest BCUT2D eigenvalue weighted by Gasteiger charge is 2.18. The van der Waals surface area contributed by atoms with Crippen molar-refractivity contribution in [1.82, 2.24) is 5.43 Å². The van der Waals surface area contributed by atoms with Crippen molar-refractivity contribution < 1.29 is 18.3 Å². The highest BCUT2D eigenvalue weighted by atomic mass is 19.1. The molecule has 0 aliphatic carbocycles. The summed E-state index contributed by atoms with van der Waals surface area (Å²) in [5.41, 5.74) is 2.21. The van der Waals surface area contributed by atoms with Gasteiger partial charge in [-0.15, -0.1) is 0 Å².